The van der Waals surface area contributed by atoms with Crippen molar-refractivity contribution in [1.82, 2.24) is 15.2 Å². The van der Waals surface area contributed by atoms with Crippen LogP contribution in [0.5, 0.6) is 0 Å². The monoisotopic (exact) mass is 312 g/mol. The summed E-state index contributed by atoms with van der Waals surface area (Å²) in [6.07, 6.45) is 2.67. The summed E-state index contributed by atoms with van der Waals surface area (Å²) < 4.78 is 0. The van der Waals surface area contributed by atoms with Gasteiger partial charge in [-0.2, -0.15) is 0 Å². The molecule has 1 N–H and O–H groups in total. The molecule has 1 saturated heterocycles. The second-order valence-electron chi connectivity index (χ2n) is 4.93. The molecule has 1 fully saturated rings. The van der Waals surface area contributed by atoms with Gasteiger partial charge >= 0.3 is 0 Å². The van der Waals surface area contributed by atoms with Crippen molar-refractivity contribution in [3.05, 3.63) is 33.1 Å². The zero-order valence-electron chi connectivity index (χ0n) is 11.7. The highest BCUT2D eigenvalue weighted by Crippen LogP contribution is 2.24. The third kappa shape index (κ3) is 3.48. The van der Waals surface area contributed by atoms with Gasteiger partial charge < -0.3 is 10.2 Å². The predicted molar refractivity (Wildman–Crippen MR) is 78.5 cm³/mol. The van der Waals surface area contributed by atoms with E-state index in [1.165, 1.54) is 6.07 Å². The number of pyridine rings is 1. The van der Waals surface area contributed by atoms with E-state index in [1.807, 2.05) is 6.92 Å². The van der Waals surface area contributed by atoms with Crippen LogP contribution in [-0.2, 0) is 0 Å². The molecule has 2 heterocycles. The number of nitrogens with zero attached hydrogens (tertiary/aromatic N) is 3. The number of carbonyl (C=O) groups excluding carboxylic acids is 1. The van der Waals surface area contributed by atoms with Crippen LogP contribution in [0.2, 0.25) is 5.15 Å². The molecule has 1 amide bonds. The summed E-state index contributed by atoms with van der Waals surface area (Å²) in [4.78, 5) is 28.6. The Bertz CT molecular complexity index is 546. The van der Waals surface area contributed by atoms with Crippen molar-refractivity contribution in [2.75, 3.05) is 19.6 Å². The fourth-order valence-corrected chi connectivity index (χ4v) is 2.65. The highest BCUT2D eigenvalue weighted by Gasteiger charge is 2.31. The van der Waals surface area contributed by atoms with Gasteiger partial charge in [-0.25, -0.2) is 4.98 Å². The van der Waals surface area contributed by atoms with Crippen molar-refractivity contribution in [1.29, 1.82) is 0 Å². The van der Waals surface area contributed by atoms with Gasteiger partial charge in [0.15, 0.2) is 0 Å². The van der Waals surface area contributed by atoms with Gasteiger partial charge in [0.1, 0.15) is 16.9 Å². The molecule has 0 aliphatic carbocycles. The molecule has 7 nitrogen and oxygen atoms in total. The Morgan fingerprint density at radius 3 is 3.00 bits per heavy atom. The molecule has 0 spiro atoms. The van der Waals surface area contributed by atoms with Gasteiger partial charge in [-0.15, -0.1) is 0 Å². The van der Waals surface area contributed by atoms with E-state index in [0.717, 1.165) is 25.6 Å². The molecule has 1 unspecified atom stereocenters. The molecule has 8 heteroatoms. The summed E-state index contributed by atoms with van der Waals surface area (Å²) in [5.41, 5.74) is -0.309. The summed E-state index contributed by atoms with van der Waals surface area (Å²) >= 11 is 5.79. The highest BCUT2D eigenvalue weighted by atomic mass is 35.5. The Kier molecular flexibility index (Phi) is 5.08. The number of hydrogen-bond donors (Lipinski definition) is 1. The number of aromatic nitrogens is 1. The summed E-state index contributed by atoms with van der Waals surface area (Å²) in [7, 11) is 0. The predicted octanol–water partition coefficient (Wildman–Crippen LogP) is 1.86. The maximum atomic E-state index is 12.7. The van der Waals surface area contributed by atoms with E-state index in [-0.39, 0.29) is 28.4 Å². The molecule has 1 atom stereocenters. The molecule has 21 heavy (non-hydrogen) atoms. The fourth-order valence-electron chi connectivity index (χ4n) is 2.49. The first-order valence-corrected chi connectivity index (χ1v) is 7.24. The van der Waals surface area contributed by atoms with Gasteiger partial charge in [-0.05, 0) is 25.5 Å². The summed E-state index contributed by atoms with van der Waals surface area (Å²) in [5, 5.41) is 14.4. The van der Waals surface area contributed by atoms with Crippen molar-refractivity contribution in [2.24, 2.45) is 0 Å². The van der Waals surface area contributed by atoms with E-state index >= 15 is 0 Å². The summed E-state index contributed by atoms with van der Waals surface area (Å²) in [6.45, 7) is 4.08. The summed E-state index contributed by atoms with van der Waals surface area (Å²) in [6, 6.07) is 1.33. The molecule has 1 aromatic rings. The average Bonchev–Trinajstić information content (AvgIpc) is 2.97. The number of rotatable bonds is 5. The Morgan fingerprint density at radius 1 is 1.67 bits per heavy atom. The zero-order chi connectivity index (χ0) is 15.4. The first kappa shape index (κ1) is 15.7. The minimum absolute atomic E-state index is 0.000324. The normalized spacial score (nSPS) is 17.7. The Balaban J connectivity index is 2.35. The minimum atomic E-state index is -0.604. The largest absolute Gasteiger partial charge is 0.334 e. The smallest absolute Gasteiger partial charge is 0.300 e. The minimum Gasteiger partial charge on any atom is -0.334 e. The van der Waals surface area contributed by atoms with E-state index < -0.39 is 4.92 Å². The summed E-state index contributed by atoms with van der Waals surface area (Å²) in [5.74, 6) is -0.360. The molecule has 0 radical (unpaired) electrons. The average molecular weight is 313 g/mol. The molecular formula is C13H17ClN4O3. The molecule has 1 aromatic heterocycles. The molecule has 1 aliphatic heterocycles. The van der Waals surface area contributed by atoms with E-state index in [1.54, 1.807) is 4.90 Å². The SMILES string of the molecule is CCCN(C(=O)c1cc(Cl)ncc1[N+](=O)[O-])C1CCNC1. The molecular weight excluding hydrogens is 296 g/mol. The van der Waals surface area contributed by atoms with E-state index in [4.69, 9.17) is 11.6 Å². The van der Waals surface area contributed by atoms with Gasteiger partial charge in [-0.1, -0.05) is 18.5 Å². The lowest BCUT2D eigenvalue weighted by molar-refractivity contribution is -0.385. The van der Waals surface area contributed by atoms with Gasteiger partial charge in [0, 0.05) is 19.1 Å². The number of carbonyl (C=O) groups is 1. The van der Waals surface area contributed by atoms with Crippen LogP contribution in [0.25, 0.3) is 0 Å². The van der Waals surface area contributed by atoms with Crippen LogP contribution in [-0.4, -0.2) is 46.4 Å². The number of halogens is 1. The third-order valence-electron chi connectivity index (χ3n) is 3.48. The molecule has 114 valence electrons. The van der Waals surface area contributed by atoms with Crippen molar-refractivity contribution in [2.45, 2.75) is 25.8 Å². The highest BCUT2D eigenvalue weighted by molar-refractivity contribution is 6.29. The van der Waals surface area contributed by atoms with Crippen LogP contribution in [0.15, 0.2) is 12.3 Å². The van der Waals surface area contributed by atoms with Crippen LogP contribution in [0.3, 0.4) is 0 Å². The lowest BCUT2D eigenvalue weighted by atomic mass is 10.1. The number of nitrogens with one attached hydrogen (secondary N) is 1. The number of hydrogen-bond acceptors (Lipinski definition) is 5. The first-order valence-electron chi connectivity index (χ1n) is 6.86. The molecule has 0 bridgehead atoms. The van der Waals surface area contributed by atoms with Gasteiger partial charge in [0.2, 0.25) is 0 Å². The Labute approximate surface area is 127 Å². The van der Waals surface area contributed by atoms with Crippen molar-refractivity contribution in [3.63, 3.8) is 0 Å². The number of amides is 1. The van der Waals surface area contributed by atoms with E-state index in [2.05, 4.69) is 10.3 Å². The zero-order valence-corrected chi connectivity index (χ0v) is 12.5. The van der Waals surface area contributed by atoms with Gasteiger partial charge in [0.25, 0.3) is 11.6 Å². The maximum Gasteiger partial charge on any atom is 0.300 e. The Hall–Kier alpha value is -1.73. The Morgan fingerprint density at radius 2 is 2.43 bits per heavy atom. The second-order valence-corrected chi connectivity index (χ2v) is 5.31. The van der Waals surface area contributed by atoms with Crippen LogP contribution >= 0.6 is 11.6 Å². The lowest BCUT2D eigenvalue weighted by Crippen LogP contribution is -2.42. The van der Waals surface area contributed by atoms with Crippen LogP contribution in [0.4, 0.5) is 5.69 Å². The van der Waals surface area contributed by atoms with Gasteiger partial charge in [0.05, 0.1) is 4.92 Å². The van der Waals surface area contributed by atoms with Crippen LogP contribution in [0, 0.1) is 10.1 Å². The quantitative estimate of drug-likeness (QED) is 0.509. The molecule has 2 rings (SSSR count). The fraction of sp³-hybridized carbons (Fsp3) is 0.538. The van der Waals surface area contributed by atoms with Crippen LogP contribution in [0.1, 0.15) is 30.1 Å². The standard InChI is InChI=1S/C13H17ClN4O3/c1-2-5-17(9-3-4-15-7-9)13(19)10-6-12(14)16-8-11(10)18(20)21/h6,8-9,15H,2-5,7H2,1H3. The van der Waals surface area contributed by atoms with Crippen molar-refractivity contribution < 1.29 is 9.72 Å². The van der Waals surface area contributed by atoms with E-state index in [0.29, 0.717) is 13.1 Å². The maximum absolute atomic E-state index is 12.7. The van der Waals surface area contributed by atoms with Crippen molar-refractivity contribution in [3.8, 4) is 0 Å². The van der Waals surface area contributed by atoms with Gasteiger partial charge in [-0.3, -0.25) is 14.9 Å². The molecule has 1 aliphatic rings. The lowest BCUT2D eigenvalue weighted by Gasteiger charge is -2.28. The molecule has 0 saturated carbocycles. The van der Waals surface area contributed by atoms with E-state index in [9.17, 15) is 14.9 Å². The van der Waals surface area contributed by atoms with Crippen molar-refractivity contribution >= 4 is 23.2 Å². The third-order valence-corrected chi connectivity index (χ3v) is 3.68. The second kappa shape index (κ2) is 6.82. The van der Waals surface area contributed by atoms with Crippen LogP contribution < -0.4 is 5.32 Å². The number of nitro groups is 1. The first-order chi connectivity index (χ1) is 10.0. The molecule has 0 aromatic carbocycles. The topological polar surface area (TPSA) is 88.4 Å².